The Hall–Kier alpha value is -3.50. The Morgan fingerprint density at radius 2 is 1.79 bits per heavy atom. The number of Topliss-reactive ketones (excluding diaryl/α,β-unsaturated/α-hetero) is 1. The van der Waals surface area contributed by atoms with Crippen LogP contribution in [0.3, 0.4) is 0 Å². The highest BCUT2D eigenvalue weighted by atomic mass is 19.4. The van der Waals surface area contributed by atoms with Crippen molar-refractivity contribution in [1.29, 1.82) is 0 Å². The molecule has 3 rings (SSSR count). The average molecular weight is 476 g/mol. The van der Waals surface area contributed by atoms with Gasteiger partial charge >= 0.3 is 6.18 Å². The molecule has 1 unspecified atom stereocenters. The van der Waals surface area contributed by atoms with Crippen LogP contribution in [-0.4, -0.2) is 32.7 Å². The van der Waals surface area contributed by atoms with Gasteiger partial charge in [-0.1, -0.05) is 31.2 Å². The molecule has 0 spiro atoms. The number of carbonyl (C=O) groups excluding carboxylic acids is 1. The van der Waals surface area contributed by atoms with Gasteiger partial charge in [-0.3, -0.25) is 4.79 Å². The number of aliphatic hydroxyl groups is 1. The number of pyridine rings is 1. The van der Waals surface area contributed by atoms with Crippen LogP contribution >= 0.6 is 0 Å². The van der Waals surface area contributed by atoms with Gasteiger partial charge in [-0.25, -0.2) is 15.2 Å². The van der Waals surface area contributed by atoms with Crippen molar-refractivity contribution in [3.05, 3.63) is 77.5 Å². The molecule has 1 atom stereocenters. The van der Waals surface area contributed by atoms with Crippen molar-refractivity contribution >= 4 is 16.7 Å². The normalized spacial score (nSPS) is 14.2. The maximum absolute atomic E-state index is 13.4. The Morgan fingerprint density at radius 3 is 2.35 bits per heavy atom. The summed E-state index contributed by atoms with van der Waals surface area (Å²) in [4.78, 5) is 16.4. The molecule has 3 aromatic rings. The maximum Gasteiger partial charge on any atom is 0.422 e. The van der Waals surface area contributed by atoms with E-state index in [2.05, 4.69) is 4.98 Å². The first-order valence-corrected chi connectivity index (χ1v) is 10.3. The van der Waals surface area contributed by atoms with Crippen LogP contribution in [0.1, 0.15) is 36.3 Å². The molecule has 0 fully saturated rings. The first-order chi connectivity index (χ1) is 15.9. The van der Waals surface area contributed by atoms with Gasteiger partial charge in [0.2, 0.25) is 5.60 Å². The number of hydrogen-bond acceptors (Lipinski definition) is 6. The van der Waals surface area contributed by atoms with E-state index in [9.17, 15) is 27.5 Å². The molecule has 0 aliphatic rings. The van der Waals surface area contributed by atoms with E-state index in [0.29, 0.717) is 27.6 Å². The van der Waals surface area contributed by atoms with Gasteiger partial charge in [-0.15, -0.1) is 0 Å². The molecule has 0 aliphatic carbocycles. The van der Waals surface area contributed by atoms with Crippen LogP contribution < -0.4 is 11.6 Å². The molecule has 1 heterocycles. The zero-order valence-electron chi connectivity index (χ0n) is 18.5. The second kappa shape index (κ2) is 9.40. The molecular weight excluding hydrogens is 452 g/mol. The van der Waals surface area contributed by atoms with Gasteiger partial charge in [0.05, 0.1) is 17.8 Å². The third kappa shape index (κ3) is 5.02. The Balaban J connectivity index is 1.99. The summed E-state index contributed by atoms with van der Waals surface area (Å²) in [5, 5.41) is 11.6. The molecule has 6 nitrogen and oxygen atoms in total. The van der Waals surface area contributed by atoms with Crippen LogP contribution in [0.5, 0.6) is 0 Å². The van der Waals surface area contributed by atoms with Crippen molar-refractivity contribution in [3.8, 4) is 11.1 Å². The number of alkyl halides is 3. The van der Waals surface area contributed by atoms with E-state index in [1.165, 1.54) is 19.1 Å². The number of fused-ring (bicyclic) bond motifs is 1. The summed E-state index contributed by atoms with van der Waals surface area (Å²) in [6.07, 6.45) is -4.80. The van der Waals surface area contributed by atoms with Crippen molar-refractivity contribution in [2.75, 3.05) is 0 Å². The quantitative estimate of drug-likeness (QED) is 0.202. The van der Waals surface area contributed by atoms with Gasteiger partial charge in [0.25, 0.3) is 0 Å². The smallest absolute Gasteiger partial charge is 0.398 e. The maximum atomic E-state index is 13.4. The van der Waals surface area contributed by atoms with Crippen LogP contribution in [0.15, 0.2) is 60.4 Å². The third-order valence-electron chi connectivity index (χ3n) is 5.52. The summed E-state index contributed by atoms with van der Waals surface area (Å²) in [5.74, 6) is 5.18. The van der Waals surface area contributed by atoms with E-state index in [0.717, 1.165) is 18.1 Å². The number of carbonyl (C=O) groups is 1. The first-order valence-electron chi connectivity index (χ1n) is 10.3. The van der Waals surface area contributed by atoms with Gasteiger partial charge in [0.1, 0.15) is 11.5 Å². The highest BCUT2D eigenvalue weighted by molar-refractivity contribution is 6.01. The van der Waals surface area contributed by atoms with Crippen molar-refractivity contribution in [3.63, 3.8) is 0 Å². The summed E-state index contributed by atoms with van der Waals surface area (Å²) in [6, 6.07) is 12.5. The van der Waals surface area contributed by atoms with Gasteiger partial charge in [0.15, 0.2) is 5.78 Å². The lowest BCUT2D eigenvalue weighted by Crippen LogP contribution is -2.49. The Morgan fingerprint density at radius 1 is 1.15 bits per heavy atom. The second-order valence-electron chi connectivity index (χ2n) is 7.94. The second-order valence-corrected chi connectivity index (χ2v) is 7.94. The number of rotatable bonds is 7. The molecule has 2 aromatic carbocycles. The lowest BCUT2D eigenvalue weighted by atomic mass is 9.96. The summed E-state index contributed by atoms with van der Waals surface area (Å²) in [5.41, 5.74) is 4.10. The Bertz CT molecular complexity index is 1240. The third-order valence-corrected chi connectivity index (χ3v) is 5.52. The number of aromatic nitrogens is 1. The average Bonchev–Trinajstić information content (AvgIpc) is 2.77. The number of nitrogens with two attached hydrogens (primary N) is 2. The first kappa shape index (κ1) is 25.1. The lowest BCUT2D eigenvalue weighted by Gasteiger charge is -2.30. The standard InChI is InChI=1S/C24H24F4N4O2/c1-3-23(34,24(26,27)28)22(29)13-32(30)12-15-4-9-18-19(16-5-7-17(25)8-6-16)11-20(14(2)33)31-21(18)10-15/h4-11,13,34H,3,12,29-30H2,1-2H3/b22-13-. The highest BCUT2D eigenvalue weighted by Crippen LogP contribution is 2.37. The van der Waals surface area contributed by atoms with Crippen LogP contribution in [0.4, 0.5) is 17.6 Å². The summed E-state index contributed by atoms with van der Waals surface area (Å²) in [6.45, 7) is 2.48. The molecule has 0 radical (unpaired) electrons. The van der Waals surface area contributed by atoms with Crippen LogP contribution in [0.25, 0.3) is 22.0 Å². The summed E-state index contributed by atoms with van der Waals surface area (Å²) < 4.78 is 53.0. The predicted octanol–water partition coefficient (Wildman–Crippen LogP) is 4.42. The Labute approximate surface area is 193 Å². The minimum atomic E-state index is -4.96. The van der Waals surface area contributed by atoms with Gasteiger partial charge in [0, 0.05) is 18.5 Å². The monoisotopic (exact) mass is 476 g/mol. The fourth-order valence-corrected chi connectivity index (χ4v) is 3.53. The SMILES string of the molecule is CCC(O)(/C(N)=C/N(N)Cc1ccc2c(-c3ccc(F)cc3)cc(C(C)=O)nc2c1)C(F)(F)F. The molecule has 0 saturated heterocycles. The molecule has 1 aromatic heterocycles. The van der Waals surface area contributed by atoms with Gasteiger partial charge in [-0.2, -0.15) is 13.2 Å². The van der Waals surface area contributed by atoms with Crippen LogP contribution in [0, 0.1) is 5.82 Å². The van der Waals surface area contributed by atoms with Crippen LogP contribution in [0.2, 0.25) is 0 Å². The fourth-order valence-electron chi connectivity index (χ4n) is 3.53. The van der Waals surface area contributed by atoms with E-state index in [-0.39, 0.29) is 18.0 Å². The molecule has 10 heteroatoms. The number of ketones is 1. The largest absolute Gasteiger partial charge is 0.422 e. The minimum absolute atomic E-state index is 0.0495. The molecule has 0 aliphatic heterocycles. The van der Waals surface area contributed by atoms with E-state index in [1.54, 1.807) is 36.4 Å². The summed E-state index contributed by atoms with van der Waals surface area (Å²) >= 11 is 0. The molecule has 0 bridgehead atoms. The zero-order valence-corrected chi connectivity index (χ0v) is 18.5. The van der Waals surface area contributed by atoms with E-state index >= 15 is 0 Å². The Kier molecular flexibility index (Phi) is 6.94. The fraction of sp³-hybridized carbons (Fsp3) is 0.250. The highest BCUT2D eigenvalue weighted by Gasteiger charge is 2.54. The van der Waals surface area contributed by atoms with Crippen molar-refractivity contribution in [2.45, 2.75) is 38.6 Å². The number of hydrazine groups is 1. The van der Waals surface area contributed by atoms with Crippen LogP contribution in [-0.2, 0) is 6.54 Å². The molecule has 0 saturated carbocycles. The van der Waals surface area contributed by atoms with Crippen molar-refractivity contribution in [2.24, 2.45) is 11.6 Å². The molecule has 34 heavy (non-hydrogen) atoms. The summed E-state index contributed by atoms with van der Waals surface area (Å²) in [7, 11) is 0. The molecular formula is C24H24F4N4O2. The molecule has 180 valence electrons. The predicted molar refractivity (Wildman–Crippen MR) is 120 cm³/mol. The van der Waals surface area contributed by atoms with E-state index in [1.807, 2.05) is 0 Å². The number of halogens is 4. The van der Waals surface area contributed by atoms with Crippen molar-refractivity contribution < 1.29 is 27.5 Å². The number of benzene rings is 2. The van der Waals surface area contributed by atoms with Gasteiger partial charge in [-0.05, 0) is 47.4 Å². The molecule has 0 amide bonds. The lowest BCUT2D eigenvalue weighted by molar-refractivity contribution is -0.245. The van der Waals surface area contributed by atoms with Gasteiger partial charge < -0.3 is 15.8 Å². The molecule has 5 N–H and O–H groups in total. The zero-order chi connectivity index (χ0) is 25.3. The van der Waals surface area contributed by atoms with Crippen molar-refractivity contribution in [1.82, 2.24) is 9.99 Å². The van der Waals surface area contributed by atoms with E-state index in [4.69, 9.17) is 11.6 Å². The minimum Gasteiger partial charge on any atom is -0.398 e. The number of hydrogen-bond donors (Lipinski definition) is 3. The van der Waals surface area contributed by atoms with E-state index < -0.39 is 29.7 Å². The topological polar surface area (TPSA) is 105 Å². The number of nitrogens with zero attached hydrogens (tertiary/aromatic N) is 2.